The van der Waals surface area contributed by atoms with Crippen LogP contribution in [0.15, 0.2) is 41.7 Å². The first kappa shape index (κ1) is 22.8. The second-order valence-corrected chi connectivity index (χ2v) is 9.61. The van der Waals surface area contributed by atoms with Gasteiger partial charge in [-0.2, -0.15) is 5.10 Å². The number of hydrogen-bond donors (Lipinski definition) is 1. The predicted molar refractivity (Wildman–Crippen MR) is 128 cm³/mol. The van der Waals surface area contributed by atoms with E-state index in [0.717, 1.165) is 30.2 Å². The molecule has 0 aliphatic heterocycles. The third-order valence-electron chi connectivity index (χ3n) is 5.83. The molecule has 1 amide bonds. The van der Waals surface area contributed by atoms with E-state index in [1.165, 1.54) is 24.6 Å². The Morgan fingerprint density at radius 1 is 1.22 bits per heavy atom. The number of rotatable bonds is 8. The minimum absolute atomic E-state index is 0.0436. The third kappa shape index (κ3) is 5.00. The van der Waals surface area contributed by atoms with Crippen molar-refractivity contribution in [2.75, 3.05) is 25.2 Å². The molecule has 32 heavy (non-hydrogen) atoms. The molecule has 1 N–H and O–H groups in total. The molecule has 170 valence electrons. The fraction of sp³-hybridized carbons (Fsp3) is 0.455. The van der Waals surface area contributed by atoms with Gasteiger partial charge in [0.1, 0.15) is 5.82 Å². The standard InChI is InChI=1S/C22H28ClN7OS/c1-15(28(2)3)21-26-27-22(29(21)17-10-8-16(23)9-11-17)32-14-20(31)25-19-12-13-24-30(19)18-6-4-5-7-18/h8-13,15,18H,4-7,14H2,1-3H3,(H,25,31). The van der Waals surface area contributed by atoms with Crippen molar-refractivity contribution in [2.45, 2.75) is 49.8 Å². The first-order valence-electron chi connectivity index (χ1n) is 10.8. The van der Waals surface area contributed by atoms with E-state index >= 15 is 0 Å². The first-order chi connectivity index (χ1) is 15.4. The first-order valence-corrected chi connectivity index (χ1v) is 12.1. The number of thioether (sulfide) groups is 1. The van der Waals surface area contributed by atoms with Crippen LogP contribution in [-0.2, 0) is 4.79 Å². The molecule has 1 atom stereocenters. The summed E-state index contributed by atoms with van der Waals surface area (Å²) in [5, 5.41) is 17.6. The van der Waals surface area contributed by atoms with Gasteiger partial charge in [-0.3, -0.25) is 14.3 Å². The Labute approximate surface area is 197 Å². The van der Waals surface area contributed by atoms with Crippen LogP contribution in [0.25, 0.3) is 5.69 Å². The number of carbonyl (C=O) groups is 1. The summed E-state index contributed by atoms with van der Waals surface area (Å²) in [5.74, 6) is 1.68. The number of amides is 1. The Balaban J connectivity index is 1.50. The van der Waals surface area contributed by atoms with Crippen molar-refractivity contribution in [1.29, 1.82) is 0 Å². The Bertz CT molecular complexity index is 1060. The van der Waals surface area contributed by atoms with Gasteiger partial charge in [0.25, 0.3) is 0 Å². The zero-order valence-corrected chi connectivity index (χ0v) is 20.1. The van der Waals surface area contributed by atoms with Gasteiger partial charge in [0.05, 0.1) is 24.0 Å². The van der Waals surface area contributed by atoms with Gasteiger partial charge >= 0.3 is 0 Å². The number of aromatic nitrogens is 5. The van der Waals surface area contributed by atoms with Crippen LogP contribution < -0.4 is 5.32 Å². The molecule has 1 aliphatic carbocycles. The summed E-state index contributed by atoms with van der Waals surface area (Å²) in [4.78, 5) is 14.8. The van der Waals surface area contributed by atoms with E-state index in [1.807, 2.05) is 53.7 Å². The molecule has 2 heterocycles. The van der Waals surface area contributed by atoms with E-state index in [4.69, 9.17) is 11.6 Å². The van der Waals surface area contributed by atoms with E-state index in [0.29, 0.717) is 16.2 Å². The highest BCUT2D eigenvalue weighted by Crippen LogP contribution is 2.31. The van der Waals surface area contributed by atoms with Crippen LogP contribution in [0.5, 0.6) is 0 Å². The molecule has 0 radical (unpaired) electrons. The largest absolute Gasteiger partial charge is 0.310 e. The van der Waals surface area contributed by atoms with Crippen molar-refractivity contribution in [3.63, 3.8) is 0 Å². The lowest BCUT2D eigenvalue weighted by Gasteiger charge is -2.20. The lowest BCUT2D eigenvalue weighted by molar-refractivity contribution is -0.113. The van der Waals surface area contributed by atoms with E-state index in [1.54, 1.807) is 6.20 Å². The Kier molecular flexibility index (Phi) is 7.17. The van der Waals surface area contributed by atoms with Crippen molar-refractivity contribution in [1.82, 2.24) is 29.4 Å². The number of halogens is 1. The van der Waals surface area contributed by atoms with Crippen molar-refractivity contribution in [2.24, 2.45) is 0 Å². The van der Waals surface area contributed by atoms with Crippen molar-refractivity contribution >= 4 is 35.1 Å². The number of anilines is 1. The molecule has 3 aromatic rings. The zero-order valence-electron chi connectivity index (χ0n) is 18.5. The second-order valence-electron chi connectivity index (χ2n) is 8.23. The number of hydrogen-bond acceptors (Lipinski definition) is 6. The number of carbonyl (C=O) groups excluding carboxylic acids is 1. The molecule has 4 rings (SSSR count). The van der Waals surface area contributed by atoms with Gasteiger partial charge in [-0.15, -0.1) is 10.2 Å². The molecule has 2 aromatic heterocycles. The van der Waals surface area contributed by atoms with Gasteiger partial charge in [-0.25, -0.2) is 4.68 Å². The summed E-state index contributed by atoms with van der Waals surface area (Å²) >= 11 is 7.44. The molecule has 1 aliphatic rings. The topological polar surface area (TPSA) is 80.9 Å². The van der Waals surface area contributed by atoms with Gasteiger partial charge < -0.3 is 5.32 Å². The summed E-state index contributed by atoms with van der Waals surface area (Å²) in [6.07, 6.45) is 6.38. The molecule has 0 bridgehead atoms. The van der Waals surface area contributed by atoms with Crippen LogP contribution in [0.2, 0.25) is 5.02 Å². The van der Waals surface area contributed by atoms with Gasteiger partial charge in [-0.05, 0) is 58.1 Å². The summed E-state index contributed by atoms with van der Waals surface area (Å²) in [7, 11) is 4.00. The minimum Gasteiger partial charge on any atom is -0.310 e. The zero-order chi connectivity index (χ0) is 22.7. The van der Waals surface area contributed by atoms with Crippen LogP contribution in [0.4, 0.5) is 5.82 Å². The Morgan fingerprint density at radius 2 is 1.94 bits per heavy atom. The Morgan fingerprint density at radius 3 is 2.62 bits per heavy atom. The summed E-state index contributed by atoms with van der Waals surface area (Å²) in [5.41, 5.74) is 0.908. The maximum Gasteiger partial charge on any atom is 0.235 e. The van der Waals surface area contributed by atoms with Gasteiger partial charge in [0.2, 0.25) is 5.91 Å². The van der Waals surface area contributed by atoms with E-state index in [9.17, 15) is 4.79 Å². The molecule has 0 spiro atoms. The van der Waals surface area contributed by atoms with E-state index in [-0.39, 0.29) is 17.7 Å². The van der Waals surface area contributed by atoms with Crippen LogP contribution in [-0.4, -0.2) is 55.2 Å². The van der Waals surface area contributed by atoms with Gasteiger partial charge in [0, 0.05) is 16.8 Å². The van der Waals surface area contributed by atoms with E-state index < -0.39 is 0 Å². The Hall–Kier alpha value is -2.36. The highest BCUT2D eigenvalue weighted by molar-refractivity contribution is 7.99. The van der Waals surface area contributed by atoms with Crippen molar-refractivity contribution < 1.29 is 4.79 Å². The normalized spacial score (nSPS) is 15.4. The number of benzene rings is 1. The molecular weight excluding hydrogens is 446 g/mol. The maximum atomic E-state index is 12.7. The van der Waals surface area contributed by atoms with Gasteiger partial charge in [0.15, 0.2) is 11.0 Å². The molecule has 8 nitrogen and oxygen atoms in total. The van der Waals surface area contributed by atoms with Crippen LogP contribution >= 0.6 is 23.4 Å². The molecule has 1 saturated carbocycles. The monoisotopic (exact) mass is 473 g/mol. The predicted octanol–water partition coefficient (Wildman–Crippen LogP) is 4.59. The average Bonchev–Trinajstić information content (AvgIpc) is 3.52. The molecule has 10 heteroatoms. The smallest absolute Gasteiger partial charge is 0.235 e. The average molecular weight is 474 g/mol. The van der Waals surface area contributed by atoms with Crippen molar-refractivity contribution in [3.05, 3.63) is 47.4 Å². The SMILES string of the molecule is CC(c1nnc(SCC(=O)Nc2ccnn2C2CCCC2)n1-c1ccc(Cl)cc1)N(C)C. The highest BCUT2D eigenvalue weighted by atomic mass is 35.5. The number of nitrogens with one attached hydrogen (secondary N) is 1. The van der Waals surface area contributed by atoms with Crippen LogP contribution in [0.3, 0.4) is 0 Å². The quantitative estimate of drug-likeness (QED) is 0.482. The van der Waals surface area contributed by atoms with Crippen LogP contribution in [0.1, 0.15) is 50.5 Å². The van der Waals surface area contributed by atoms with E-state index in [2.05, 4.69) is 32.4 Å². The summed E-state index contributed by atoms with van der Waals surface area (Å²) < 4.78 is 3.93. The lowest BCUT2D eigenvalue weighted by atomic mass is 10.2. The third-order valence-corrected chi connectivity index (χ3v) is 7.01. The fourth-order valence-electron chi connectivity index (χ4n) is 3.87. The highest BCUT2D eigenvalue weighted by Gasteiger charge is 2.23. The fourth-order valence-corrected chi connectivity index (χ4v) is 4.76. The molecule has 1 unspecified atom stereocenters. The number of nitrogens with zero attached hydrogens (tertiary/aromatic N) is 6. The maximum absolute atomic E-state index is 12.7. The summed E-state index contributed by atoms with van der Waals surface area (Å²) in [6.45, 7) is 2.07. The second kappa shape index (κ2) is 10.1. The van der Waals surface area contributed by atoms with Crippen LogP contribution in [0, 0.1) is 0 Å². The van der Waals surface area contributed by atoms with Crippen molar-refractivity contribution in [3.8, 4) is 5.69 Å². The van der Waals surface area contributed by atoms with Gasteiger partial charge in [-0.1, -0.05) is 36.2 Å². The molecule has 1 aromatic carbocycles. The lowest BCUT2D eigenvalue weighted by Crippen LogP contribution is -2.21. The minimum atomic E-state index is -0.0948. The molecule has 0 saturated heterocycles. The molecule has 1 fully saturated rings. The summed E-state index contributed by atoms with van der Waals surface area (Å²) in [6, 6.07) is 9.81. The molecular formula is C22H28ClN7OS.